The van der Waals surface area contributed by atoms with Gasteiger partial charge in [0.15, 0.2) is 5.82 Å². The summed E-state index contributed by atoms with van der Waals surface area (Å²) in [6.45, 7) is 1.77. The highest BCUT2D eigenvalue weighted by Gasteiger charge is 2.13. The lowest BCUT2D eigenvalue weighted by molar-refractivity contribution is -0.142. The Morgan fingerprint density at radius 2 is 2.32 bits per heavy atom. The van der Waals surface area contributed by atoms with Crippen molar-refractivity contribution in [3.05, 3.63) is 12.2 Å². The average molecular weight is 271 g/mol. The quantitative estimate of drug-likeness (QED) is 0.563. The van der Waals surface area contributed by atoms with Crippen LogP contribution in [0.4, 0.5) is 4.79 Å². The third-order valence-electron chi connectivity index (χ3n) is 2.24. The first-order valence-electron chi connectivity index (χ1n) is 5.68. The SMILES string of the molecule is CC(NC(=O)NCCOCC(=O)O)c1nncn1C. The number of amides is 2. The number of urea groups is 1. The number of aliphatic carboxylic acids is 1. The van der Waals surface area contributed by atoms with Gasteiger partial charge < -0.3 is 25.0 Å². The Labute approximate surface area is 110 Å². The van der Waals surface area contributed by atoms with E-state index in [2.05, 4.69) is 20.8 Å². The van der Waals surface area contributed by atoms with Crippen molar-refractivity contribution >= 4 is 12.0 Å². The molecule has 106 valence electrons. The number of carboxylic acid groups (broad SMARTS) is 1. The van der Waals surface area contributed by atoms with Crippen LogP contribution in [0.15, 0.2) is 6.33 Å². The molecule has 1 rings (SSSR count). The summed E-state index contributed by atoms with van der Waals surface area (Å²) in [7, 11) is 1.78. The Bertz CT molecular complexity index is 433. The molecule has 9 heteroatoms. The largest absolute Gasteiger partial charge is 0.480 e. The van der Waals surface area contributed by atoms with E-state index >= 15 is 0 Å². The van der Waals surface area contributed by atoms with Gasteiger partial charge in [-0.25, -0.2) is 9.59 Å². The van der Waals surface area contributed by atoms with Gasteiger partial charge in [-0.15, -0.1) is 10.2 Å². The highest BCUT2D eigenvalue weighted by molar-refractivity contribution is 5.74. The fourth-order valence-electron chi connectivity index (χ4n) is 1.39. The van der Waals surface area contributed by atoms with Crippen molar-refractivity contribution in [2.24, 2.45) is 7.05 Å². The topological polar surface area (TPSA) is 118 Å². The zero-order valence-electron chi connectivity index (χ0n) is 10.8. The maximum Gasteiger partial charge on any atom is 0.329 e. The second-order valence-electron chi connectivity index (χ2n) is 3.87. The maximum atomic E-state index is 11.5. The van der Waals surface area contributed by atoms with Crippen molar-refractivity contribution < 1.29 is 19.4 Å². The van der Waals surface area contributed by atoms with E-state index in [0.717, 1.165) is 0 Å². The standard InChI is InChI=1S/C10H17N5O4/c1-7(9-14-12-6-15(9)2)13-10(18)11-3-4-19-5-8(16)17/h6-7H,3-5H2,1-2H3,(H,16,17)(H2,11,13,18). The number of ether oxygens (including phenoxy) is 1. The van der Waals surface area contributed by atoms with E-state index in [4.69, 9.17) is 9.84 Å². The number of aromatic nitrogens is 3. The molecule has 19 heavy (non-hydrogen) atoms. The van der Waals surface area contributed by atoms with Crippen molar-refractivity contribution in [2.45, 2.75) is 13.0 Å². The lowest BCUT2D eigenvalue weighted by Gasteiger charge is -2.13. The van der Waals surface area contributed by atoms with Crippen molar-refractivity contribution in [1.29, 1.82) is 0 Å². The molecule has 0 spiro atoms. The van der Waals surface area contributed by atoms with E-state index in [1.54, 1.807) is 24.9 Å². The molecule has 1 heterocycles. The molecular weight excluding hydrogens is 254 g/mol. The van der Waals surface area contributed by atoms with E-state index in [0.29, 0.717) is 5.82 Å². The molecule has 0 aliphatic rings. The summed E-state index contributed by atoms with van der Waals surface area (Å²) in [5, 5.41) is 21.2. The third-order valence-corrected chi connectivity index (χ3v) is 2.24. The fraction of sp³-hybridized carbons (Fsp3) is 0.600. The first-order valence-corrected chi connectivity index (χ1v) is 5.68. The number of hydrogen-bond acceptors (Lipinski definition) is 5. The van der Waals surface area contributed by atoms with Crippen LogP contribution in [0.5, 0.6) is 0 Å². The Morgan fingerprint density at radius 3 is 2.89 bits per heavy atom. The predicted molar refractivity (Wildman–Crippen MR) is 64.4 cm³/mol. The molecule has 9 nitrogen and oxygen atoms in total. The van der Waals surface area contributed by atoms with E-state index in [1.165, 1.54) is 0 Å². The summed E-state index contributed by atoms with van der Waals surface area (Å²) in [4.78, 5) is 21.7. The van der Waals surface area contributed by atoms with Crippen LogP contribution in [0.3, 0.4) is 0 Å². The molecule has 2 amide bonds. The van der Waals surface area contributed by atoms with Gasteiger partial charge in [0.2, 0.25) is 0 Å². The van der Waals surface area contributed by atoms with Crippen LogP contribution in [0.1, 0.15) is 18.8 Å². The maximum absolute atomic E-state index is 11.5. The van der Waals surface area contributed by atoms with Crippen molar-refractivity contribution in [1.82, 2.24) is 25.4 Å². The number of carbonyl (C=O) groups excluding carboxylic acids is 1. The van der Waals surface area contributed by atoms with E-state index in [9.17, 15) is 9.59 Å². The molecule has 1 aromatic rings. The molecule has 0 aromatic carbocycles. The Morgan fingerprint density at radius 1 is 1.58 bits per heavy atom. The fourth-order valence-corrected chi connectivity index (χ4v) is 1.39. The highest BCUT2D eigenvalue weighted by atomic mass is 16.5. The zero-order valence-corrected chi connectivity index (χ0v) is 10.8. The minimum Gasteiger partial charge on any atom is -0.480 e. The summed E-state index contributed by atoms with van der Waals surface area (Å²) in [5.74, 6) is -0.405. The van der Waals surface area contributed by atoms with Crippen LogP contribution in [0, 0.1) is 0 Å². The lowest BCUT2D eigenvalue weighted by Crippen LogP contribution is -2.39. The van der Waals surface area contributed by atoms with Gasteiger partial charge in [0.05, 0.1) is 12.6 Å². The number of carbonyl (C=O) groups is 2. The van der Waals surface area contributed by atoms with Crippen molar-refractivity contribution in [3.63, 3.8) is 0 Å². The summed E-state index contributed by atoms with van der Waals surface area (Å²) in [5.41, 5.74) is 0. The first kappa shape index (κ1) is 14.9. The van der Waals surface area contributed by atoms with Crippen molar-refractivity contribution in [2.75, 3.05) is 19.8 Å². The van der Waals surface area contributed by atoms with Gasteiger partial charge in [0.25, 0.3) is 0 Å². The molecule has 0 radical (unpaired) electrons. The van der Waals surface area contributed by atoms with Gasteiger partial charge in [-0.05, 0) is 6.92 Å². The van der Waals surface area contributed by atoms with Gasteiger partial charge in [-0.3, -0.25) is 0 Å². The second kappa shape index (κ2) is 7.31. The van der Waals surface area contributed by atoms with E-state index < -0.39 is 5.97 Å². The Kier molecular flexibility index (Phi) is 5.73. The Balaban J connectivity index is 2.21. The molecule has 0 aliphatic heterocycles. The molecule has 0 aliphatic carbocycles. The molecule has 1 unspecified atom stereocenters. The average Bonchev–Trinajstić information content (AvgIpc) is 2.74. The number of nitrogens with zero attached hydrogens (tertiary/aromatic N) is 3. The number of rotatable bonds is 7. The first-order chi connectivity index (χ1) is 9.00. The molecule has 0 bridgehead atoms. The minimum atomic E-state index is -1.04. The monoisotopic (exact) mass is 271 g/mol. The molecule has 1 atom stereocenters. The number of aryl methyl sites for hydroxylation is 1. The number of nitrogens with one attached hydrogen (secondary N) is 2. The summed E-state index contributed by atoms with van der Waals surface area (Å²) < 4.78 is 6.48. The molecule has 1 aromatic heterocycles. The van der Waals surface area contributed by atoms with Gasteiger partial charge in [-0.1, -0.05) is 0 Å². The summed E-state index contributed by atoms with van der Waals surface area (Å²) in [6.07, 6.45) is 1.55. The molecule has 0 saturated heterocycles. The van der Waals surface area contributed by atoms with Crippen molar-refractivity contribution in [3.8, 4) is 0 Å². The molecule has 0 fully saturated rings. The Hall–Kier alpha value is -2.16. The third kappa shape index (κ3) is 5.34. The van der Waals surface area contributed by atoms with Crippen LogP contribution in [0.2, 0.25) is 0 Å². The summed E-state index contributed by atoms with van der Waals surface area (Å²) in [6, 6.07) is -0.665. The molecule has 3 N–H and O–H groups in total. The summed E-state index contributed by atoms with van der Waals surface area (Å²) >= 11 is 0. The highest BCUT2D eigenvalue weighted by Crippen LogP contribution is 2.06. The normalized spacial score (nSPS) is 11.9. The number of carboxylic acids is 1. The smallest absolute Gasteiger partial charge is 0.329 e. The zero-order chi connectivity index (χ0) is 14.3. The molecule has 0 saturated carbocycles. The second-order valence-corrected chi connectivity index (χ2v) is 3.87. The lowest BCUT2D eigenvalue weighted by atomic mass is 10.3. The van der Waals surface area contributed by atoms with E-state index in [-0.39, 0.29) is 31.8 Å². The van der Waals surface area contributed by atoms with E-state index in [1.807, 2.05) is 0 Å². The van der Waals surface area contributed by atoms with Gasteiger partial charge in [-0.2, -0.15) is 0 Å². The van der Waals surface area contributed by atoms with Crippen LogP contribution < -0.4 is 10.6 Å². The predicted octanol–water partition coefficient (Wildman–Crippen LogP) is -0.723. The van der Waals surface area contributed by atoms with Crippen LogP contribution in [-0.2, 0) is 16.6 Å². The van der Waals surface area contributed by atoms with Crippen LogP contribution in [-0.4, -0.2) is 51.6 Å². The van der Waals surface area contributed by atoms with Gasteiger partial charge in [0.1, 0.15) is 12.9 Å². The van der Waals surface area contributed by atoms with Crippen LogP contribution >= 0.6 is 0 Å². The minimum absolute atomic E-state index is 0.137. The number of hydrogen-bond donors (Lipinski definition) is 3. The van der Waals surface area contributed by atoms with Gasteiger partial charge >= 0.3 is 12.0 Å². The van der Waals surface area contributed by atoms with Gasteiger partial charge in [0, 0.05) is 13.6 Å². The van der Waals surface area contributed by atoms with Crippen LogP contribution in [0.25, 0.3) is 0 Å². The molecular formula is C10H17N5O4.